The lowest BCUT2D eigenvalue weighted by Gasteiger charge is -2.38. The first-order valence-corrected chi connectivity index (χ1v) is 10.1. The van der Waals surface area contributed by atoms with Crippen LogP contribution in [0.1, 0.15) is 22.7 Å². The summed E-state index contributed by atoms with van der Waals surface area (Å²) in [4.78, 5) is 15.2. The van der Waals surface area contributed by atoms with E-state index in [1.165, 1.54) is 5.56 Å². The van der Waals surface area contributed by atoms with E-state index < -0.39 is 0 Å². The summed E-state index contributed by atoms with van der Waals surface area (Å²) in [5.74, 6) is 1.19. The number of nitrogens with one attached hydrogen (secondary N) is 1. The number of benzene rings is 3. The van der Waals surface area contributed by atoms with Gasteiger partial charge in [0, 0.05) is 17.6 Å². The molecule has 0 bridgehead atoms. The highest BCUT2D eigenvalue weighted by Crippen LogP contribution is 2.39. The number of amides is 2. The third-order valence-corrected chi connectivity index (χ3v) is 5.74. The minimum Gasteiger partial charge on any atom is -0.497 e. The molecule has 0 fully saturated rings. The Morgan fingerprint density at radius 2 is 1.73 bits per heavy atom. The quantitative estimate of drug-likeness (QED) is 0.600. The lowest BCUT2D eigenvalue weighted by atomic mass is 9.88. The van der Waals surface area contributed by atoms with Gasteiger partial charge in [-0.2, -0.15) is 0 Å². The molecule has 1 heterocycles. The molecule has 0 radical (unpaired) electrons. The van der Waals surface area contributed by atoms with Gasteiger partial charge in [0.15, 0.2) is 0 Å². The van der Waals surface area contributed by atoms with Crippen LogP contribution in [-0.4, -0.2) is 31.7 Å². The van der Waals surface area contributed by atoms with Crippen LogP contribution in [0.2, 0.25) is 5.02 Å². The fraction of sp³-hybridized carbons (Fsp3) is 0.208. The van der Waals surface area contributed by atoms with Crippen LogP contribution in [0.15, 0.2) is 66.7 Å². The Kier molecular flexibility index (Phi) is 5.81. The molecule has 1 unspecified atom stereocenters. The third kappa shape index (κ3) is 3.81. The summed E-state index contributed by atoms with van der Waals surface area (Å²) in [6.45, 7) is 0.581. The minimum atomic E-state index is -0.270. The normalized spacial score (nSPS) is 15.3. The van der Waals surface area contributed by atoms with Crippen molar-refractivity contribution in [3.63, 3.8) is 0 Å². The molecule has 1 N–H and O–H groups in total. The molecule has 0 aliphatic carbocycles. The highest BCUT2D eigenvalue weighted by atomic mass is 35.5. The van der Waals surface area contributed by atoms with Crippen molar-refractivity contribution in [3.8, 4) is 11.5 Å². The first-order chi connectivity index (χ1) is 14.6. The number of carbonyl (C=O) groups excluding carboxylic acids is 1. The van der Waals surface area contributed by atoms with Crippen LogP contribution >= 0.6 is 11.6 Å². The van der Waals surface area contributed by atoms with Crippen LogP contribution in [-0.2, 0) is 6.42 Å². The van der Waals surface area contributed by atoms with Crippen LogP contribution in [0.25, 0.3) is 0 Å². The van der Waals surface area contributed by atoms with Crippen molar-refractivity contribution < 1.29 is 14.3 Å². The maximum atomic E-state index is 13.4. The number of halogens is 1. The molecule has 1 aliphatic heterocycles. The van der Waals surface area contributed by atoms with Gasteiger partial charge >= 0.3 is 6.03 Å². The Labute approximate surface area is 181 Å². The van der Waals surface area contributed by atoms with Crippen molar-refractivity contribution in [1.29, 1.82) is 0 Å². The summed E-state index contributed by atoms with van der Waals surface area (Å²) in [6, 6.07) is 20.7. The molecule has 1 atom stereocenters. The summed E-state index contributed by atoms with van der Waals surface area (Å²) in [5, 5.41) is 3.63. The van der Waals surface area contributed by atoms with E-state index in [-0.39, 0.29) is 12.1 Å². The molecule has 3 aromatic carbocycles. The zero-order chi connectivity index (χ0) is 21.1. The Morgan fingerprint density at radius 1 is 1.00 bits per heavy atom. The molecule has 0 spiro atoms. The van der Waals surface area contributed by atoms with Gasteiger partial charge in [0.25, 0.3) is 0 Å². The number of hydrogen-bond donors (Lipinski definition) is 1. The van der Waals surface area contributed by atoms with Crippen LogP contribution in [0, 0.1) is 0 Å². The molecular formula is C24H23ClN2O3. The summed E-state index contributed by atoms with van der Waals surface area (Å²) < 4.78 is 10.7. The van der Waals surface area contributed by atoms with Gasteiger partial charge in [-0.15, -0.1) is 0 Å². The Balaban J connectivity index is 1.70. The number of nitrogens with zero attached hydrogens (tertiary/aromatic N) is 1. The number of anilines is 1. The third-order valence-electron chi connectivity index (χ3n) is 5.39. The van der Waals surface area contributed by atoms with Gasteiger partial charge in [-0.3, -0.25) is 0 Å². The second-order valence-corrected chi connectivity index (χ2v) is 7.47. The van der Waals surface area contributed by atoms with Gasteiger partial charge in [0.05, 0.1) is 25.9 Å². The van der Waals surface area contributed by atoms with E-state index in [0.717, 1.165) is 17.5 Å². The SMILES string of the molecule is COc1ccc(NC(=O)N2CCc3ccccc3C2c2ccccc2Cl)c(OC)c1. The lowest BCUT2D eigenvalue weighted by Crippen LogP contribution is -2.43. The van der Waals surface area contributed by atoms with Crippen molar-refractivity contribution in [2.24, 2.45) is 0 Å². The standard InChI is InChI=1S/C24H23ClN2O3/c1-29-17-11-12-21(22(15-17)30-2)26-24(28)27-14-13-16-7-3-4-8-18(16)23(27)19-9-5-6-10-20(19)25/h3-12,15,23H,13-14H2,1-2H3,(H,26,28). The smallest absolute Gasteiger partial charge is 0.322 e. The first kappa shape index (κ1) is 20.1. The molecule has 2 amide bonds. The van der Waals surface area contributed by atoms with Gasteiger partial charge < -0.3 is 19.7 Å². The van der Waals surface area contributed by atoms with Crippen molar-refractivity contribution in [3.05, 3.63) is 88.4 Å². The zero-order valence-corrected chi connectivity index (χ0v) is 17.6. The van der Waals surface area contributed by atoms with Crippen molar-refractivity contribution in [2.45, 2.75) is 12.5 Å². The number of ether oxygens (including phenoxy) is 2. The van der Waals surface area contributed by atoms with E-state index in [9.17, 15) is 4.79 Å². The molecule has 5 nitrogen and oxygen atoms in total. The van der Waals surface area contributed by atoms with E-state index >= 15 is 0 Å². The minimum absolute atomic E-state index is 0.210. The average molecular weight is 423 g/mol. The molecule has 0 saturated heterocycles. The molecule has 1 aliphatic rings. The van der Waals surface area contributed by atoms with Gasteiger partial charge in [-0.25, -0.2) is 4.79 Å². The van der Waals surface area contributed by atoms with E-state index in [2.05, 4.69) is 17.4 Å². The zero-order valence-electron chi connectivity index (χ0n) is 16.9. The lowest BCUT2D eigenvalue weighted by molar-refractivity contribution is 0.194. The molecular weight excluding hydrogens is 400 g/mol. The van der Waals surface area contributed by atoms with Gasteiger partial charge in [0.2, 0.25) is 0 Å². The maximum Gasteiger partial charge on any atom is 0.322 e. The van der Waals surface area contributed by atoms with Crippen molar-refractivity contribution in [2.75, 3.05) is 26.1 Å². The highest BCUT2D eigenvalue weighted by molar-refractivity contribution is 6.31. The van der Waals surface area contributed by atoms with Crippen molar-refractivity contribution >= 4 is 23.3 Å². The predicted molar refractivity (Wildman–Crippen MR) is 119 cm³/mol. The largest absolute Gasteiger partial charge is 0.497 e. The van der Waals surface area contributed by atoms with Gasteiger partial charge in [0.1, 0.15) is 11.5 Å². The van der Waals surface area contributed by atoms with E-state index in [1.54, 1.807) is 32.4 Å². The molecule has 6 heteroatoms. The summed E-state index contributed by atoms with van der Waals surface area (Å²) in [7, 11) is 3.15. The maximum absolute atomic E-state index is 13.4. The first-order valence-electron chi connectivity index (χ1n) is 9.74. The summed E-state index contributed by atoms with van der Waals surface area (Å²) >= 11 is 6.54. The Hall–Kier alpha value is -3.18. The fourth-order valence-electron chi connectivity index (χ4n) is 3.91. The number of methoxy groups -OCH3 is 2. The number of carbonyl (C=O) groups is 1. The van der Waals surface area contributed by atoms with E-state index in [1.807, 2.05) is 41.3 Å². The number of hydrogen-bond acceptors (Lipinski definition) is 3. The monoisotopic (exact) mass is 422 g/mol. The average Bonchev–Trinajstić information content (AvgIpc) is 2.79. The number of urea groups is 1. The Morgan fingerprint density at radius 3 is 2.47 bits per heavy atom. The molecule has 4 rings (SSSR count). The second kappa shape index (κ2) is 8.67. The van der Waals surface area contributed by atoms with Crippen LogP contribution in [0.3, 0.4) is 0 Å². The van der Waals surface area contributed by atoms with Crippen molar-refractivity contribution in [1.82, 2.24) is 4.90 Å². The predicted octanol–water partition coefficient (Wildman–Crippen LogP) is 5.54. The number of fused-ring (bicyclic) bond motifs is 1. The highest BCUT2D eigenvalue weighted by Gasteiger charge is 2.33. The molecule has 154 valence electrons. The molecule has 0 aromatic heterocycles. The van der Waals surface area contributed by atoms with Crippen LogP contribution in [0.4, 0.5) is 10.5 Å². The summed E-state index contributed by atoms with van der Waals surface area (Å²) in [5.41, 5.74) is 3.81. The van der Waals surface area contributed by atoms with E-state index in [4.69, 9.17) is 21.1 Å². The van der Waals surface area contributed by atoms with Crippen LogP contribution in [0.5, 0.6) is 11.5 Å². The fourth-order valence-corrected chi connectivity index (χ4v) is 4.15. The van der Waals surface area contributed by atoms with Gasteiger partial charge in [-0.1, -0.05) is 54.1 Å². The second-order valence-electron chi connectivity index (χ2n) is 7.06. The number of rotatable bonds is 4. The van der Waals surface area contributed by atoms with Crippen LogP contribution < -0.4 is 14.8 Å². The molecule has 30 heavy (non-hydrogen) atoms. The Bertz CT molecular complexity index is 1070. The van der Waals surface area contributed by atoms with Gasteiger partial charge in [-0.05, 0) is 41.3 Å². The topological polar surface area (TPSA) is 50.8 Å². The van der Waals surface area contributed by atoms with E-state index in [0.29, 0.717) is 28.8 Å². The molecule has 0 saturated carbocycles. The summed E-state index contributed by atoms with van der Waals surface area (Å²) in [6.07, 6.45) is 0.782. The molecule has 3 aromatic rings.